The highest BCUT2D eigenvalue weighted by Gasteiger charge is 2.34. The highest BCUT2D eigenvalue weighted by molar-refractivity contribution is 5.95. The number of hydrogen-bond acceptors (Lipinski definition) is 6. The van der Waals surface area contributed by atoms with Gasteiger partial charge in [0.25, 0.3) is 0 Å². The number of esters is 1. The molecule has 10 heteroatoms. The van der Waals surface area contributed by atoms with Gasteiger partial charge in [0.2, 0.25) is 5.91 Å². The highest BCUT2D eigenvalue weighted by Crippen LogP contribution is 2.37. The zero-order valence-corrected chi connectivity index (χ0v) is 23.1. The molecule has 0 heterocycles. The lowest BCUT2D eigenvalue weighted by atomic mass is 10.0. The van der Waals surface area contributed by atoms with Crippen LogP contribution in [0.1, 0.15) is 58.3 Å². The van der Waals surface area contributed by atoms with Crippen molar-refractivity contribution in [2.45, 2.75) is 51.3 Å². The maximum Gasteiger partial charge on any atom is 0.419 e. The Bertz CT molecular complexity index is 1280. The first-order valence-electron chi connectivity index (χ1n) is 13.2. The first-order valence-corrected chi connectivity index (χ1v) is 13.2. The number of carbonyl (C=O) groups is 2. The topological polar surface area (TPSA) is 83.1 Å². The molecule has 0 radical (unpaired) electrons. The van der Waals surface area contributed by atoms with Crippen LogP contribution in [0.25, 0.3) is 0 Å². The van der Waals surface area contributed by atoms with E-state index in [0.29, 0.717) is 23.2 Å². The summed E-state index contributed by atoms with van der Waals surface area (Å²) in [5, 5.41) is 2.67. The summed E-state index contributed by atoms with van der Waals surface area (Å²) >= 11 is 0. The number of rotatable bonds is 15. The lowest BCUT2D eigenvalue weighted by Crippen LogP contribution is -2.14. The van der Waals surface area contributed by atoms with E-state index in [9.17, 15) is 22.8 Å². The molecular formula is C31H34F3NO6. The zero-order chi connectivity index (χ0) is 29.7. The van der Waals surface area contributed by atoms with Gasteiger partial charge in [0.15, 0.2) is 0 Å². The van der Waals surface area contributed by atoms with E-state index >= 15 is 0 Å². The van der Waals surface area contributed by atoms with Crippen molar-refractivity contribution in [3.8, 4) is 5.75 Å². The van der Waals surface area contributed by atoms with Gasteiger partial charge in [0, 0.05) is 12.1 Å². The van der Waals surface area contributed by atoms with Gasteiger partial charge in [-0.2, -0.15) is 13.2 Å². The second-order valence-electron chi connectivity index (χ2n) is 9.36. The summed E-state index contributed by atoms with van der Waals surface area (Å²) < 4.78 is 51.6. The van der Waals surface area contributed by atoms with Crippen molar-refractivity contribution in [2.24, 2.45) is 0 Å². The molecule has 3 rings (SSSR count). The van der Waals surface area contributed by atoms with Crippen LogP contribution in [0.4, 0.5) is 18.9 Å². The molecule has 0 spiro atoms. The van der Waals surface area contributed by atoms with Crippen molar-refractivity contribution in [3.05, 3.63) is 94.5 Å². The summed E-state index contributed by atoms with van der Waals surface area (Å²) in [6.45, 7) is 0.203. The summed E-state index contributed by atoms with van der Waals surface area (Å²) in [4.78, 5) is 34.1. The number of nitrogens with one attached hydrogen (secondary N) is 1. The average Bonchev–Trinajstić information content (AvgIpc) is 2.96. The predicted molar refractivity (Wildman–Crippen MR) is 147 cm³/mol. The maximum absolute atomic E-state index is 13.8. The number of benzene rings is 3. The largest absolute Gasteiger partial charge is 0.493 e. The van der Waals surface area contributed by atoms with Crippen LogP contribution < -0.4 is 10.1 Å². The van der Waals surface area contributed by atoms with Crippen LogP contribution in [0, 0.1) is 0 Å². The maximum atomic E-state index is 13.8. The second kappa shape index (κ2) is 15.8. The van der Waals surface area contributed by atoms with Crippen molar-refractivity contribution in [1.29, 1.82) is 0 Å². The zero-order valence-electron chi connectivity index (χ0n) is 23.1. The Labute approximate surface area is 237 Å². The summed E-state index contributed by atoms with van der Waals surface area (Å²) in [6.07, 6.45) is -1.28. The molecule has 0 aromatic heterocycles. The Kier molecular flexibility index (Phi) is 12.2. The van der Waals surface area contributed by atoms with E-state index in [1.54, 1.807) is 6.07 Å². The number of aryl methyl sites for hydroxylation is 2. The Balaban J connectivity index is 1.55. The summed E-state index contributed by atoms with van der Waals surface area (Å²) in [7, 11) is 2.57. The molecule has 0 bridgehead atoms. The van der Waals surface area contributed by atoms with Gasteiger partial charge < -0.3 is 14.8 Å². The molecule has 0 unspecified atom stereocenters. The van der Waals surface area contributed by atoms with Crippen molar-refractivity contribution < 1.29 is 42.0 Å². The van der Waals surface area contributed by atoms with Crippen LogP contribution in [0.15, 0.2) is 66.7 Å². The molecule has 0 aliphatic carbocycles. The number of carbonyl (C=O) groups excluding carboxylic acids is 2. The number of methoxy groups -OCH3 is 1. The Hall–Kier alpha value is -3.89. The van der Waals surface area contributed by atoms with E-state index in [-0.39, 0.29) is 37.4 Å². The molecule has 1 amide bonds. The summed E-state index contributed by atoms with van der Waals surface area (Å²) in [5.41, 5.74) is 1.77. The third-order valence-corrected chi connectivity index (χ3v) is 6.24. The van der Waals surface area contributed by atoms with E-state index in [4.69, 9.17) is 14.4 Å². The average molecular weight is 574 g/mol. The van der Waals surface area contributed by atoms with E-state index in [1.807, 2.05) is 18.2 Å². The molecular weight excluding hydrogens is 539 g/mol. The van der Waals surface area contributed by atoms with Crippen LogP contribution >= 0.6 is 0 Å². The fraction of sp³-hybridized carbons (Fsp3) is 0.355. The van der Waals surface area contributed by atoms with E-state index < -0.39 is 23.6 Å². The van der Waals surface area contributed by atoms with Crippen molar-refractivity contribution in [3.63, 3.8) is 0 Å². The van der Waals surface area contributed by atoms with E-state index in [2.05, 4.69) is 22.3 Å². The molecule has 0 saturated carbocycles. The first-order chi connectivity index (χ1) is 19.7. The smallest absolute Gasteiger partial charge is 0.419 e. The van der Waals surface area contributed by atoms with Gasteiger partial charge in [-0.1, -0.05) is 36.4 Å². The van der Waals surface area contributed by atoms with Gasteiger partial charge in [-0.3, -0.25) is 4.79 Å². The number of alkyl halides is 3. The molecule has 41 heavy (non-hydrogen) atoms. The minimum atomic E-state index is -4.60. The van der Waals surface area contributed by atoms with Gasteiger partial charge in [0.05, 0.1) is 32.0 Å². The lowest BCUT2D eigenvalue weighted by molar-refractivity contribution is -0.282. The van der Waals surface area contributed by atoms with E-state index in [0.717, 1.165) is 25.3 Å². The SMILES string of the molecule is COOCc1cc(NC(=O)CCc2ccc(OCCCCCc3ccccc3)c(C(F)(F)F)c2)cc(C(=O)OC)c1. The van der Waals surface area contributed by atoms with Crippen LogP contribution in [-0.4, -0.2) is 32.7 Å². The number of ether oxygens (including phenoxy) is 2. The Morgan fingerprint density at radius 3 is 2.32 bits per heavy atom. The molecule has 3 aromatic rings. The third-order valence-electron chi connectivity index (χ3n) is 6.24. The molecule has 0 fully saturated rings. The third kappa shape index (κ3) is 10.5. The van der Waals surface area contributed by atoms with Crippen LogP contribution in [-0.2, 0) is 44.9 Å². The Morgan fingerprint density at radius 2 is 1.61 bits per heavy atom. The van der Waals surface area contributed by atoms with Crippen LogP contribution in [0.5, 0.6) is 5.75 Å². The normalized spacial score (nSPS) is 11.2. The van der Waals surface area contributed by atoms with E-state index in [1.165, 1.54) is 44.0 Å². The van der Waals surface area contributed by atoms with Gasteiger partial charge in [-0.25, -0.2) is 14.6 Å². The standard InChI is InChI=1S/C31H34F3NO6/c1-38-30(37)25-17-24(21-41-39-2)18-26(20-25)35-29(36)15-13-23-12-14-28(27(19-23)31(32,33)34)40-16-8-4-7-11-22-9-5-3-6-10-22/h3,5-6,9-10,12,14,17-20H,4,7-8,11,13,15-16,21H2,1-2H3,(H,35,36). The molecule has 3 aromatic carbocycles. The minimum absolute atomic E-state index is 0.0204. The number of unbranched alkanes of at least 4 members (excludes halogenated alkanes) is 2. The van der Waals surface area contributed by atoms with Crippen molar-refractivity contribution in [2.75, 3.05) is 26.1 Å². The first kappa shape index (κ1) is 31.6. The van der Waals surface area contributed by atoms with Gasteiger partial charge in [-0.05, 0) is 79.1 Å². The van der Waals surface area contributed by atoms with Crippen molar-refractivity contribution >= 4 is 17.6 Å². The van der Waals surface area contributed by atoms with Gasteiger partial charge in [0.1, 0.15) is 12.4 Å². The Morgan fingerprint density at radius 1 is 0.829 bits per heavy atom. The molecule has 1 N–H and O–H groups in total. The number of halogens is 3. The monoisotopic (exact) mass is 573 g/mol. The molecule has 220 valence electrons. The molecule has 7 nitrogen and oxygen atoms in total. The number of amides is 1. The molecule has 0 saturated heterocycles. The second-order valence-corrected chi connectivity index (χ2v) is 9.36. The number of hydrogen-bond donors (Lipinski definition) is 1. The van der Waals surface area contributed by atoms with Gasteiger partial charge in [-0.15, -0.1) is 0 Å². The minimum Gasteiger partial charge on any atom is -0.493 e. The molecule has 0 atom stereocenters. The van der Waals surface area contributed by atoms with Gasteiger partial charge >= 0.3 is 12.1 Å². The van der Waals surface area contributed by atoms with Crippen molar-refractivity contribution in [1.82, 2.24) is 0 Å². The summed E-state index contributed by atoms with van der Waals surface area (Å²) in [6, 6.07) is 18.5. The molecule has 0 aliphatic rings. The highest BCUT2D eigenvalue weighted by atomic mass is 19.4. The fourth-order valence-electron chi connectivity index (χ4n) is 4.21. The molecule has 0 aliphatic heterocycles. The fourth-order valence-corrected chi connectivity index (χ4v) is 4.21. The lowest BCUT2D eigenvalue weighted by Gasteiger charge is -2.16. The van der Waals surface area contributed by atoms with Crippen LogP contribution in [0.2, 0.25) is 0 Å². The van der Waals surface area contributed by atoms with Crippen LogP contribution in [0.3, 0.4) is 0 Å². The summed E-state index contributed by atoms with van der Waals surface area (Å²) in [5.74, 6) is -1.26. The number of anilines is 1. The predicted octanol–water partition coefficient (Wildman–Crippen LogP) is 6.93. The quantitative estimate of drug-likeness (QED) is 0.0919.